The maximum atomic E-state index is 11.5. The lowest BCUT2D eigenvalue weighted by molar-refractivity contribution is -0.116. The van der Waals surface area contributed by atoms with E-state index in [2.05, 4.69) is 35.5 Å². The summed E-state index contributed by atoms with van der Waals surface area (Å²) in [4.78, 5) is 15.8. The van der Waals surface area contributed by atoms with E-state index < -0.39 is 0 Å². The fraction of sp³-hybridized carbons (Fsp3) is 0.562. The summed E-state index contributed by atoms with van der Waals surface area (Å²) in [5.41, 5.74) is 3.58. The standard InChI is InChI=1S/C16H23N3O/c1-12(20)19-10-5-13-11-15(3-4-16(13)19)17-14-6-8-18(2)9-7-14/h3-4,11,14,17H,5-10H2,1-2H3. The highest BCUT2D eigenvalue weighted by molar-refractivity contribution is 5.94. The number of anilines is 2. The average Bonchev–Trinajstić information content (AvgIpc) is 2.84. The number of carbonyl (C=O) groups is 1. The zero-order chi connectivity index (χ0) is 14.1. The van der Waals surface area contributed by atoms with Gasteiger partial charge in [-0.05, 0) is 63.2 Å². The minimum atomic E-state index is 0.139. The summed E-state index contributed by atoms with van der Waals surface area (Å²) in [5.74, 6) is 0.139. The lowest BCUT2D eigenvalue weighted by atomic mass is 10.0. The molecule has 0 saturated carbocycles. The molecule has 2 aliphatic rings. The molecule has 108 valence electrons. The van der Waals surface area contributed by atoms with Gasteiger partial charge < -0.3 is 15.1 Å². The normalized spacial score (nSPS) is 20.0. The molecule has 0 aromatic heterocycles. The van der Waals surface area contributed by atoms with Crippen LogP contribution in [0.5, 0.6) is 0 Å². The molecule has 2 aliphatic heterocycles. The lowest BCUT2D eigenvalue weighted by Gasteiger charge is -2.30. The van der Waals surface area contributed by atoms with Crippen LogP contribution in [0.1, 0.15) is 25.3 Å². The number of likely N-dealkylation sites (tertiary alicyclic amines) is 1. The molecule has 0 atom stereocenters. The summed E-state index contributed by atoms with van der Waals surface area (Å²) in [7, 11) is 2.18. The Labute approximate surface area is 120 Å². The number of amides is 1. The van der Waals surface area contributed by atoms with Gasteiger partial charge in [0.1, 0.15) is 0 Å². The monoisotopic (exact) mass is 273 g/mol. The van der Waals surface area contributed by atoms with Crippen LogP contribution in [-0.4, -0.2) is 43.5 Å². The Morgan fingerprint density at radius 1 is 1.25 bits per heavy atom. The summed E-state index contributed by atoms with van der Waals surface area (Å²) in [6, 6.07) is 6.99. The molecule has 0 radical (unpaired) electrons. The minimum Gasteiger partial charge on any atom is -0.382 e. The van der Waals surface area contributed by atoms with Gasteiger partial charge in [-0.2, -0.15) is 0 Å². The number of rotatable bonds is 2. The maximum absolute atomic E-state index is 11.5. The van der Waals surface area contributed by atoms with Gasteiger partial charge in [0.25, 0.3) is 0 Å². The molecule has 4 heteroatoms. The van der Waals surface area contributed by atoms with Crippen LogP contribution in [0.25, 0.3) is 0 Å². The topological polar surface area (TPSA) is 35.6 Å². The Balaban J connectivity index is 1.69. The molecule has 0 unspecified atom stereocenters. The van der Waals surface area contributed by atoms with Crippen molar-refractivity contribution >= 4 is 17.3 Å². The van der Waals surface area contributed by atoms with Crippen molar-refractivity contribution in [1.82, 2.24) is 4.90 Å². The third-order valence-corrected chi connectivity index (χ3v) is 4.44. The van der Waals surface area contributed by atoms with Crippen LogP contribution in [0.4, 0.5) is 11.4 Å². The van der Waals surface area contributed by atoms with E-state index in [9.17, 15) is 4.79 Å². The molecule has 1 fully saturated rings. The van der Waals surface area contributed by atoms with E-state index in [-0.39, 0.29) is 5.91 Å². The minimum absolute atomic E-state index is 0.139. The second-order valence-corrected chi connectivity index (χ2v) is 5.99. The molecule has 1 saturated heterocycles. The summed E-state index contributed by atoms with van der Waals surface area (Å²) in [6.45, 7) is 4.80. The van der Waals surface area contributed by atoms with Gasteiger partial charge in [0, 0.05) is 30.9 Å². The van der Waals surface area contributed by atoms with Crippen molar-refractivity contribution in [3.05, 3.63) is 23.8 Å². The molecule has 0 bridgehead atoms. The first kappa shape index (κ1) is 13.4. The number of hydrogen-bond donors (Lipinski definition) is 1. The quantitative estimate of drug-likeness (QED) is 0.896. The first-order valence-corrected chi connectivity index (χ1v) is 7.49. The van der Waals surface area contributed by atoms with Crippen molar-refractivity contribution in [2.24, 2.45) is 0 Å². The largest absolute Gasteiger partial charge is 0.382 e. The number of nitrogens with zero attached hydrogens (tertiary/aromatic N) is 2. The van der Waals surface area contributed by atoms with Gasteiger partial charge >= 0.3 is 0 Å². The summed E-state index contributed by atoms with van der Waals surface area (Å²) in [6.07, 6.45) is 3.37. The van der Waals surface area contributed by atoms with E-state index >= 15 is 0 Å². The third-order valence-electron chi connectivity index (χ3n) is 4.44. The number of piperidine rings is 1. The summed E-state index contributed by atoms with van der Waals surface area (Å²) in [5, 5.41) is 3.65. The molecule has 0 spiro atoms. The first-order chi connectivity index (χ1) is 9.63. The highest BCUT2D eigenvalue weighted by atomic mass is 16.2. The zero-order valence-corrected chi connectivity index (χ0v) is 12.4. The summed E-state index contributed by atoms with van der Waals surface area (Å²) < 4.78 is 0. The van der Waals surface area contributed by atoms with Crippen LogP contribution in [0.15, 0.2) is 18.2 Å². The lowest BCUT2D eigenvalue weighted by Crippen LogP contribution is -2.36. The molecule has 2 heterocycles. The van der Waals surface area contributed by atoms with E-state index in [0.717, 1.165) is 18.7 Å². The van der Waals surface area contributed by atoms with Crippen LogP contribution >= 0.6 is 0 Å². The van der Waals surface area contributed by atoms with Gasteiger partial charge in [0.2, 0.25) is 5.91 Å². The number of hydrogen-bond acceptors (Lipinski definition) is 3. The highest BCUT2D eigenvalue weighted by Gasteiger charge is 2.23. The van der Waals surface area contributed by atoms with Gasteiger partial charge in [-0.1, -0.05) is 0 Å². The summed E-state index contributed by atoms with van der Waals surface area (Å²) >= 11 is 0. The van der Waals surface area contributed by atoms with Crippen molar-refractivity contribution in [1.29, 1.82) is 0 Å². The molecule has 1 N–H and O–H groups in total. The number of benzene rings is 1. The maximum Gasteiger partial charge on any atom is 0.223 e. The molecule has 4 nitrogen and oxygen atoms in total. The molecule has 0 aliphatic carbocycles. The molecule has 1 amide bonds. The van der Waals surface area contributed by atoms with Crippen molar-refractivity contribution in [3.63, 3.8) is 0 Å². The number of nitrogens with one attached hydrogen (secondary N) is 1. The molecule has 3 rings (SSSR count). The fourth-order valence-corrected chi connectivity index (χ4v) is 3.21. The van der Waals surface area contributed by atoms with E-state index in [1.807, 2.05) is 4.90 Å². The van der Waals surface area contributed by atoms with Crippen molar-refractivity contribution in [2.45, 2.75) is 32.2 Å². The molecule has 1 aromatic rings. The Morgan fingerprint density at radius 2 is 2.00 bits per heavy atom. The van der Waals surface area contributed by atoms with Crippen LogP contribution < -0.4 is 10.2 Å². The van der Waals surface area contributed by atoms with Gasteiger partial charge in [0.05, 0.1) is 0 Å². The predicted octanol–water partition coefficient (Wildman–Crippen LogP) is 2.10. The zero-order valence-electron chi connectivity index (χ0n) is 12.4. The number of carbonyl (C=O) groups excluding carboxylic acids is 1. The third kappa shape index (κ3) is 2.66. The molecular formula is C16H23N3O. The van der Waals surface area contributed by atoms with Crippen molar-refractivity contribution in [3.8, 4) is 0 Å². The highest BCUT2D eigenvalue weighted by Crippen LogP contribution is 2.31. The Hall–Kier alpha value is -1.55. The fourth-order valence-electron chi connectivity index (χ4n) is 3.21. The van der Waals surface area contributed by atoms with E-state index in [1.165, 1.54) is 37.2 Å². The Bertz CT molecular complexity index is 506. The Morgan fingerprint density at radius 3 is 2.70 bits per heavy atom. The smallest absolute Gasteiger partial charge is 0.223 e. The Kier molecular flexibility index (Phi) is 3.66. The molecule has 1 aromatic carbocycles. The molecule has 20 heavy (non-hydrogen) atoms. The van der Waals surface area contributed by atoms with Crippen molar-refractivity contribution in [2.75, 3.05) is 36.9 Å². The van der Waals surface area contributed by atoms with E-state index in [4.69, 9.17) is 0 Å². The van der Waals surface area contributed by atoms with Gasteiger partial charge in [-0.3, -0.25) is 4.79 Å². The predicted molar refractivity (Wildman–Crippen MR) is 82.3 cm³/mol. The van der Waals surface area contributed by atoms with Crippen molar-refractivity contribution < 1.29 is 4.79 Å². The van der Waals surface area contributed by atoms with Crippen LogP contribution in [-0.2, 0) is 11.2 Å². The van der Waals surface area contributed by atoms with E-state index in [1.54, 1.807) is 6.92 Å². The van der Waals surface area contributed by atoms with Crippen LogP contribution in [0, 0.1) is 0 Å². The number of fused-ring (bicyclic) bond motifs is 1. The van der Waals surface area contributed by atoms with E-state index in [0.29, 0.717) is 6.04 Å². The van der Waals surface area contributed by atoms with Gasteiger partial charge in [-0.15, -0.1) is 0 Å². The molecular weight excluding hydrogens is 250 g/mol. The van der Waals surface area contributed by atoms with Crippen LogP contribution in [0.3, 0.4) is 0 Å². The second kappa shape index (κ2) is 5.44. The average molecular weight is 273 g/mol. The van der Waals surface area contributed by atoms with Gasteiger partial charge in [-0.25, -0.2) is 0 Å². The van der Waals surface area contributed by atoms with Crippen LogP contribution in [0.2, 0.25) is 0 Å². The second-order valence-electron chi connectivity index (χ2n) is 5.99. The SMILES string of the molecule is CC(=O)N1CCc2cc(NC3CCN(C)CC3)ccc21. The first-order valence-electron chi connectivity index (χ1n) is 7.49. The van der Waals surface area contributed by atoms with Gasteiger partial charge in [0.15, 0.2) is 0 Å².